The summed E-state index contributed by atoms with van der Waals surface area (Å²) >= 11 is 0. The van der Waals surface area contributed by atoms with Crippen molar-refractivity contribution in [3.63, 3.8) is 0 Å². The normalized spacial score (nSPS) is 14.4. The van der Waals surface area contributed by atoms with Crippen LogP contribution in [0.25, 0.3) is 22.2 Å². The molecule has 5 rings (SSSR count). The fourth-order valence-electron chi connectivity index (χ4n) is 3.73. The fraction of sp³-hybridized carbons (Fsp3) is 0.227. The zero-order chi connectivity index (χ0) is 23.7. The Bertz CT molecular complexity index is 1440. The van der Waals surface area contributed by atoms with E-state index in [-0.39, 0.29) is 16.5 Å². The van der Waals surface area contributed by atoms with Gasteiger partial charge in [0.25, 0.3) is 10.0 Å². The molecule has 4 heterocycles. The van der Waals surface area contributed by atoms with Crippen LogP contribution in [-0.4, -0.2) is 62.0 Å². The maximum absolute atomic E-state index is 13.2. The van der Waals surface area contributed by atoms with Crippen molar-refractivity contribution in [3.8, 4) is 17.0 Å². The van der Waals surface area contributed by atoms with Gasteiger partial charge in [-0.3, -0.25) is 9.82 Å². The number of nitrogens with zero attached hydrogens (tertiary/aromatic N) is 4. The summed E-state index contributed by atoms with van der Waals surface area (Å²) < 4.78 is 52.0. The first kappa shape index (κ1) is 22.0. The van der Waals surface area contributed by atoms with Gasteiger partial charge in [0.2, 0.25) is 5.88 Å². The lowest BCUT2D eigenvalue weighted by atomic mass is 10.1. The number of morpholine rings is 1. The number of pyridine rings is 2. The fourth-order valence-corrected chi connectivity index (χ4v) is 4.78. The van der Waals surface area contributed by atoms with Crippen molar-refractivity contribution in [1.82, 2.24) is 20.2 Å². The van der Waals surface area contributed by atoms with E-state index in [1.165, 1.54) is 19.2 Å². The Hall–Kier alpha value is -3.77. The van der Waals surface area contributed by atoms with Gasteiger partial charge in [-0.2, -0.15) is 5.10 Å². The lowest BCUT2D eigenvalue weighted by Crippen LogP contribution is -2.36. The van der Waals surface area contributed by atoms with Crippen LogP contribution in [0, 0.1) is 5.82 Å². The number of anilines is 2. The summed E-state index contributed by atoms with van der Waals surface area (Å²) in [5, 5.41) is 8.20. The minimum absolute atomic E-state index is 0.0852. The molecule has 1 saturated heterocycles. The van der Waals surface area contributed by atoms with Gasteiger partial charge in [-0.1, -0.05) is 0 Å². The highest BCUT2D eigenvalue weighted by Crippen LogP contribution is 2.32. The summed E-state index contributed by atoms with van der Waals surface area (Å²) in [5.41, 5.74) is 2.14. The highest BCUT2D eigenvalue weighted by molar-refractivity contribution is 7.92. The predicted octanol–water partition coefficient (Wildman–Crippen LogP) is 2.81. The molecule has 3 aromatic heterocycles. The number of H-pyrrole nitrogens is 1. The van der Waals surface area contributed by atoms with Crippen molar-refractivity contribution in [3.05, 3.63) is 54.6 Å². The zero-order valence-electron chi connectivity index (χ0n) is 18.2. The zero-order valence-corrected chi connectivity index (χ0v) is 19.0. The number of benzene rings is 1. The summed E-state index contributed by atoms with van der Waals surface area (Å²) in [4.78, 5) is 10.8. The molecular formula is C22H21FN6O4S. The molecule has 0 unspecified atom stereocenters. The number of rotatable bonds is 6. The largest absolute Gasteiger partial charge is 0.480 e. The van der Waals surface area contributed by atoms with Gasteiger partial charge in [0, 0.05) is 36.6 Å². The Morgan fingerprint density at radius 2 is 1.79 bits per heavy atom. The second-order valence-corrected chi connectivity index (χ2v) is 9.29. The van der Waals surface area contributed by atoms with Crippen LogP contribution in [-0.2, 0) is 14.8 Å². The van der Waals surface area contributed by atoms with E-state index in [0.717, 1.165) is 42.0 Å². The Labute approximate surface area is 194 Å². The molecular weight excluding hydrogens is 463 g/mol. The SMILES string of the molecule is COc1ncc(-c2cnc3[nH]nc(N4CCOCC4)c3c2)cc1NS(=O)(=O)c1ccc(F)cc1. The van der Waals surface area contributed by atoms with Gasteiger partial charge >= 0.3 is 0 Å². The van der Waals surface area contributed by atoms with Gasteiger partial charge in [0.05, 0.1) is 30.6 Å². The summed E-state index contributed by atoms with van der Waals surface area (Å²) in [7, 11) is -2.60. The number of sulfonamides is 1. The number of fused-ring (bicyclic) bond motifs is 1. The van der Waals surface area contributed by atoms with Crippen LogP contribution in [0.4, 0.5) is 15.9 Å². The molecule has 1 aliphatic heterocycles. The highest BCUT2D eigenvalue weighted by Gasteiger charge is 2.20. The standard InChI is InChI=1S/C22H21FN6O4S/c1-32-22-19(28-34(30,31)17-4-2-16(23)3-5-17)11-15(13-25-22)14-10-18-20(24-12-14)26-27-21(18)29-6-8-33-9-7-29/h2-5,10-13,28H,6-9H2,1H3,(H,24,26,27). The summed E-state index contributed by atoms with van der Waals surface area (Å²) in [6.45, 7) is 2.70. The van der Waals surface area contributed by atoms with Crippen LogP contribution in [0.5, 0.6) is 5.88 Å². The van der Waals surface area contributed by atoms with Crippen molar-refractivity contribution in [2.24, 2.45) is 0 Å². The van der Waals surface area contributed by atoms with Crippen LogP contribution in [0.1, 0.15) is 0 Å². The van der Waals surface area contributed by atoms with Crippen LogP contribution in [0.15, 0.2) is 53.7 Å². The van der Waals surface area contributed by atoms with Crippen molar-refractivity contribution in [1.29, 1.82) is 0 Å². The number of hydrogen-bond acceptors (Lipinski definition) is 8. The minimum Gasteiger partial charge on any atom is -0.480 e. The number of methoxy groups -OCH3 is 1. The second kappa shape index (κ2) is 8.88. The maximum Gasteiger partial charge on any atom is 0.262 e. The molecule has 2 N–H and O–H groups in total. The average molecular weight is 485 g/mol. The third-order valence-corrected chi connectivity index (χ3v) is 6.83. The smallest absolute Gasteiger partial charge is 0.262 e. The van der Waals surface area contributed by atoms with Gasteiger partial charge in [-0.05, 0) is 36.4 Å². The molecule has 0 bridgehead atoms. The molecule has 1 aromatic carbocycles. The van der Waals surface area contributed by atoms with Gasteiger partial charge in [-0.15, -0.1) is 0 Å². The molecule has 0 atom stereocenters. The average Bonchev–Trinajstić information content (AvgIpc) is 3.28. The van der Waals surface area contributed by atoms with Crippen molar-refractivity contribution in [2.75, 3.05) is 43.0 Å². The number of halogens is 1. The van der Waals surface area contributed by atoms with E-state index in [0.29, 0.717) is 24.4 Å². The summed E-state index contributed by atoms with van der Waals surface area (Å²) in [6, 6.07) is 8.08. The molecule has 0 aliphatic carbocycles. The minimum atomic E-state index is -3.99. The summed E-state index contributed by atoms with van der Waals surface area (Å²) in [5.74, 6) is 0.353. The quantitative estimate of drug-likeness (QED) is 0.428. The van der Waals surface area contributed by atoms with Crippen LogP contribution in [0.2, 0.25) is 0 Å². The molecule has 0 amide bonds. The number of hydrogen-bond donors (Lipinski definition) is 2. The van der Waals surface area contributed by atoms with E-state index in [2.05, 4.69) is 29.8 Å². The first-order chi connectivity index (χ1) is 16.4. The van der Waals surface area contributed by atoms with Gasteiger partial charge in [-0.25, -0.2) is 22.8 Å². The van der Waals surface area contributed by atoms with Gasteiger partial charge in [0.1, 0.15) is 11.5 Å². The Morgan fingerprint density at radius 1 is 1.09 bits per heavy atom. The predicted molar refractivity (Wildman–Crippen MR) is 124 cm³/mol. The Balaban J connectivity index is 1.51. The number of nitrogens with one attached hydrogen (secondary N) is 2. The van der Waals surface area contributed by atoms with Gasteiger partial charge in [0.15, 0.2) is 11.5 Å². The topological polar surface area (TPSA) is 122 Å². The first-order valence-electron chi connectivity index (χ1n) is 10.4. The van der Waals surface area contributed by atoms with E-state index in [4.69, 9.17) is 9.47 Å². The molecule has 1 aliphatic rings. The van der Waals surface area contributed by atoms with E-state index >= 15 is 0 Å². The van der Waals surface area contributed by atoms with Crippen LogP contribution < -0.4 is 14.4 Å². The molecule has 176 valence electrons. The van der Waals surface area contributed by atoms with E-state index < -0.39 is 15.8 Å². The third-order valence-electron chi connectivity index (χ3n) is 5.45. The lowest BCUT2D eigenvalue weighted by molar-refractivity contribution is 0.122. The lowest BCUT2D eigenvalue weighted by Gasteiger charge is -2.26. The molecule has 0 radical (unpaired) electrons. The van der Waals surface area contributed by atoms with Crippen LogP contribution in [0.3, 0.4) is 0 Å². The maximum atomic E-state index is 13.2. The summed E-state index contributed by atoms with van der Waals surface area (Å²) in [6.07, 6.45) is 3.23. The van der Waals surface area contributed by atoms with Crippen molar-refractivity contribution in [2.45, 2.75) is 4.90 Å². The number of aromatic amines is 1. The Morgan fingerprint density at radius 3 is 2.53 bits per heavy atom. The van der Waals surface area contributed by atoms with Crippen molar-refractivity contribution < 1.29 is 22.3 Å². The Kier molecular flexibility index (Phi) is 5.75. The van der Waals surface area contributed by atoms with Crippen LogP contribution >= 0.6 is 0 Å². The van der Waals surface area contributed by atoms with Crippen molar-refractivity contribution >= 4 is 32.6 Å². The third kappa shape index (κ3) is 4.24. The molecule has 4 aromatic rings. The number of ether oxygens (including phenoxy) is 2. The molecule has 1 fully saturated rings. The molecule has 10 nitrogen and oxygen atoms in total. The second-order valence-electron chi connectivity index (χ2n) is 7.61. The highest BCUT2D eigenvalue weighted by atomic mass is 32.2. The van der Waals surface area contributed by atoms with E-state index in [1.54, 1.807) is 18.5 Å². The molecule has 0 saturated carbocycles. The molecule has 0 spiro atoms. The molecule has 34 heavy (non-hydrogen) atoms. The first-order valence-corrected chi connectivity index (χ1v) is 11.9. The van der Waals surface area contributed by atoms with Gasteiger partial charge < -0.3 is 14.4 Å². The molecule has 12 heteroatoms. The number of aromatic nitrogens is 4. The van der Waals surface area contributed by atoms with E-state index in [1.807, 2.05) is 6.07 Å². The monoisotopic (exact) mass is 484 g/mol. The van der Waals surface area contributed by atoms with E-state index in [9.17, 15) is 12.8 Å².